The number of carbonyl (C=O) groups excluding carboxylic acids is 1. The van der Waals surface area contributed by atoms with Crippen LogP contribution in [0.2, 0.25) is 10.0 Å². The first-order chi connectivity index (χ1) is 10.5. The van der Waals surface area contributed by atoms with E-state index in [2.05, 4.69) is 4.90 Å². The highest BCUT2D eigenvalue weighted by Crippen LogP contribution is 2.26. The van der Waals surface area contributed by atoms with Crippen LogP contribution in [0.25, 0.3) is 0 Å². The number of hydrogen-bond donors (Lipinski definition) is 1. The van der Waals surface area contributed by atoms with Crippen molar-refractivity contribution < 1.29 is 14.7 Å². The molecular formula is C15H18Cl2N2O3. The maximum absolute atomic E-state index is 12.0. The van der Waals surface area contributed by atoms with Gasteiger partial charge in [-0.05, 0) is 24.6 Å². The fourth-order valence-electron chi connectivity index (χ4n) is 2.48. The molecule has 0 atom stereocenters. The van der Waals surface area contributed by atoms with Crippen LogP contribution in [-0.4, -0.2) is 48.1 Å². The van der Waals surface area contributed by atoms with Gasteiger partial charge in [0.15, 0.2) is 0 Å². The first-order valence-corrected chi connectivity index (χ1v) is 7.92. The predicted octanol–water partition coefficient (Wildman–Crippen LogP) is 2.90. The monoisotopic (exact) mass is 344 g/mol. The van der Waals surface area contributed by atoms with Gasteiger partial charge in [0.05, 0.1) is 0 Å². The van der Waals surface area contributed by atoms with Crippen LogP contribution < -0.4 is 4.90 Å². The van der Waals surface area contributed by atoms with Gasteiger partial charge in [0.2, 0.25) is 5.91 Å². The molecule has 0 aliphatic carbocycles. The van der Waals surface area contributed by atoms with E-state index in [-0.39, 0.29) is 18.7 Å². The van der Waals surface area contributed by atoms with Gasteiger partial charge in [-0.2, -0.15) is 0 Å². The molecule has 0 unspecified atom stereocenters. The lowest BCUT2D eigenvalue weighted by molar-refractivity contribution is -0.137. The smallest absolute Gasteiger partial charge is 0.303 e. The molecule has 1 saturated heterocycles. The minimum absolute atomic E-state index is 0.0185. The summed E-state index contributed by atoms with van der Waals surface area (Å²) in [4.78, 5) is 26.4. The number of aliphatic carboxylic acids is 1. The first kappa shape index (κ1) is 16.9. The Morgan fingerprint density at radius 3 is 2.14 bits per heavy atom. The van der Waals surface area contributed by atoms with E-state index in [0.29, 0.717) is 42.6 Å². The molecule has 1 N–H and O–H groups in total. The van der Waals surface area contributed by atoms with Crippen molar-refractivity contribution >= 4 is 40.8 Å². The highest BCUT2D eigenvalue weighted by molar-refractivity contribution is 6.35. The van der Waals surface area contributed by atoms with Crippen molar-refractivity contribution in [2.45, 2.75) is 19.3 Å². The lowest BCUT2D eigenvalue weighted by atomic mass is 10.2. The fraction of sp³-hybridized carbons (Fsp3) is 0.467. The quantitative estimate of drug-likeness (QED) is 0.891. The van der Waals surface area contributed by atoms with E-state index < -0.39 is 5.97 Å². The van der Waals surface area contributed by atoms with Crippen molar-refractivity contribution in [3.05, 3.63) is 28.2 Å². The van der Waals surface area contributed by atoms with Crippen molar-refractivity contribution in [2.24, 2.45) is 0 Å². The maximum atomic E-state index is 12.0. The molecule has 0 radical (unpaired) electrons. The van der Waals surface area contributed by atoms with Crippen LogP contribution in [-0.2, 0) is 9.59 Å². The highest BCUT2D eigenvalue weighted by Gasteiger charge is 2.21. The Balaban J connectivity index is 1.84. The molecule has 0 aromatic heterocycles. The molecule has 0 saturated carbocycles. The molecule has 5 nitrogen and oxygen atoms in total. The summed E-state index contributed by atoms with van der Waals surface area (Å²) in [5.74, 6) is -0.847. The SMILES string of the molecule is O=C(O)CCCC(=O)N1CCN(c2cc(Cl)cc(Cl)c2)CC1. The van der Waals surface area contributed by atoms with Crippen LogP contribution in [0.1, 0.15) is 19.3 Å². The summed E-state index contributed by atoms with van der Waals surface area (Å²) in [5, 5.41) is 9.77. The van der Waals surface area contributed by atoms with E-state index >= 15 is 0 Å². The zero-order chi connectivity index (χ0) is 16.1. The Morgan fingerprint density at radius 1 is 1.00 bits per heavy atom. The Morgan fingerprint density at radius 2 is 1.59 bits per heavy atom. The molecule has 22 heavy (non-hydrogen) atoms. The molecule has 1 amide bonds. The number of rotatable bonds is 5. The number of carboxylic acid groups (broad SMARTS) is 1. The predicted molar refractivity (Wildman–Crippen MR) is 86.7 cm³/mol. The molecule has 1 aromatic carbocycles. The summed E-state index contributed by atoms with van der Waals surface area (Å²) in [6, 6.07) is 5.41. The van der Waals surface area contributed by atoms with Gasteiger partial charge < -0.3 is 14.9 Å². The van der Waals surface area contributed by atoms with E-state index in [9.17, 15) is 9.59 Å². The zero-order valence-electron chi connectivity index (χ0n) is 12.1. The molecule has 7 heteroatoms. The lowest BCUT2D eigenvalue weighted by Gasteiger charge is -2.36. The van der Waals surface area contributed by atoms with Gasteiger partial charge in [-0.1, -0.05) is 23.2 Å². The van der Waals surface area contributed by atoms with Gasteiger partial charge in [0.1, 0.15) is 0 Å². The van der Waals surface area contributed by atoms with Gasteiger partial charge in [-0.25, -0.2) is 0 Å². The van der Waals surface area contributed by atoms with Gasteiger partial charge in [0, 0.05) is 54.8 Å². The van der Waals surface area contributed by atoms with Crippen molar-refractivity contribution in [3.8, 4) is 0 Å². The summed E-state index contributed by atoms with van der Waals surface area (Å²) in [7, 11) is 0. The summed E-state index contributed by atoms with van der Waals surface area (Å²) in [6.45, 7) is 2.66. The Bertz CT molecular complexity index is 537. The minimum Gasteiger partial charge on any atom is -0.481 e. The van der Waals surface area contributed by atoms with E-state index in [0.717, 1.165) is 5.69 Å². The van der Waals surface area contributed by atoms with Gasteiger partial charge in [0.25, 0.3) is 0 Å². The van der Waals surface area contributed by atoms with Crippen LogP contribution in [0.5, 0.6) is 0 Å². The third kappa shape index (κ3) is 4.78. The molecular weight excluding hydrogens is 327 g/mol. The summed E-state index contributed by atoms with van der Waals surface area (Å²) >= 11 is 12.0. The molecule has 0 bridgehead atoms. The molecule has 1 aromatic rings. The third-order valence-corrected chi connectivity index (χ3v) is 4.06. The second-order valence-electron chi connectivity index (χ2n) is 5.24. The summed E-state index contributed by atoms with van der Waals surface area (Å²) in [6.07, 6.45) is 0.709. The van der Waals surface area contributed by atoms with Crippen molar-refractivity contribution in [1.29, 1.82) is 0 Å². The standard InChI is InChI=1S/C15H18Cl2N2O3/c16-11-8-12(17)10-13(9-11)18-4-6-19(7-5-18)14(20)2-1-3-15(21)22/h8-10H,1-7H2,(H,21,22). The van der Waals surface area contributed by atoms with Gasteiger partial charge in [-0.15, -0.1) is 0 Å². The number of benzene rings is 1. The minimum atomic E-state index is -0.865. The molecule has 1 aliphatic heterocycles. The molecule has 0 spiro atoms. The number of halogens is 2. The zero-order valence-corrected chi connectivity index (χ0v) is 13.6. The first-order valence-electron chi connectivity index (χ1n) is 7.16. The second-order valence-corrected chi connectivity index (χ2v) is 6.12. The average Bonchev–Trinajstić information content (AvgIpc) is 2.46. The van der Waals surface area contributed by atoms with Crippen LogP contribution in [0.3, 0.4) is 0 Å². The average molecular weight is 345 g/mol. The Labute approximate surface area is 139 Å². The number of nitrogens with zero attached hydrogens (tertiary/aromatic N) is 2. The van der Waals surface area contributed by atoms with Crippen molar-refractivity contribution in [3.63, 3.8) is 0 Å². The Hall–Kier alpha value is -1.46. The number of amides is 1. The van der Waals surface area contributed by atoms with E-state index in [4.69, 9.17) is 28.3 Å². The van der Waals surface area contributed by atoms with Gasteiger partial charge in [-0.3, -0.25) is 9.59 Å². The van der Waals surface area contributed by atoms with E-state index in [1.165, 1.54) is 0 Å². The third-order valence-electron chi connectivity index (χ3n) is 3.63. The van der Waals surface area contributed by atoms with Crippen molar-refractivity contribution in [1.82, 2.24) is 4.90 Å². The van der Waals surface area contributed by atoms with Crippen LogP contribution >= 0.6 is 23.2 Å². The summed E-state index contributed by atoms with van der Waals surface area (Å²) in [5.41, 5.74) is 0.954. The van der Waals surface area contributed by atoms with E-state index in [1.807, 2.05) is 12.1 Å². The van der Waals surface area contributed by atoms with Crippen molar-refractivity contribution in [2.75, 3.05) is 31.1 Å². The number of carbonyl (C=O) groups is 2. The number of hydrogen-bond acceptors (Lipinski definition) is 3. The van der Waals surface area contributed by atoms with Crippen LogP contribution in [0, 0.1) is 0 Å². The molecule has 1 fully saturated rings. The topological polar surface area (TPSA) is 60.9 Å². The summed E-state index contributed by atoms with van der Waals surface area (Å²) < 4.78 is 0. The van der Waals surface area contributed by atoms with Crippen LogP contribution in [0.15, 0.2) is 18.2 Å². The van der Waals surface area contributed by atoms with Gasteiger partial charge >= 0.3 is 5.97 Å². The Kier molecular flexibility index (Phi) is 5.91. The molecule has 1 aliphatic rings. The second kappa shape index (κ2) is 7.70. The molecule has 2 rings (SSSR count). The number of carboxylic acids is 1. The molecule has 120 valence electrons. The number of anilines is 1. The lowest BCUT2D eigenvalue weighted by Crippen LogP contribution is -2.48. The largest absolute Gasteiger partial charge is 0.481 e. The normalized spacial score (nSPS) is 15.0. The fourth-order valence-corrected chi connectivity index (χ4v) is 3.00. The van der Waals surface area contributed by atoms with Crippen LogP contribution in [0.4, 0.5) is 5.69 Å². The number of piperazine rings is 1. The molecule has 1 heterocycles. The maximum Gasteiger partial charge on any atom is 0.303 e. The van der Waals surface area contributed by atoms with E-state index in [1.54, 1.807) is 11.0 Å². The highest BCUT2D eigenvalue weighted by atomic mass is 35.5.